The maximum Gasteiger partial charge on any atom is 0.290 e. The van der Waals surface area contributed by atoms with Crippen molar-refractivity contribution in [2.45, 2.75) is 26.8 Å². The Balaban J connectivity index is 1.69. The predicted octanol–water partition coefficient (Wildman–Crippen LogP) is 3.91. The molecule has 0 saturated carbocycles. The number of rotatable bonds is 5. The smallest absolute Gasteiger partial charge is 0.290 e. The van der Waals surface area contributed by atoms with E-state index in [2.05, 4.69) is 10.4 Å². The van der Waals surface area contributed by atoms with Crippen LogP contribution in [0.15, 0.2) is 46.9 Å². The second-order valence-corrected chi connectivity index (χ2v) is 5.94. The maximum absolute atomic E-state index is 12.4. The number of nitrogens with zero attached hydrogens (tertiary/aromatic N) is 2. The van der Waals surface area contributed by atoms with Crippen LogP contribution in [0.4, 0.5) is 0 Å². The summed E-state index contributed by atoms with van der Waals surface area (Å²) in [7, 11) is 1.89. The lowest BCUT2D eigenvalue weighted by Crippen LogP contribution is -2.27. The third-order valence-electron chi connectivity index (χ3n) is 4.11. The molecule has 0 spiro atoms. The summed E-state index contributed by atoms with van der Waals surface area (Å²) in [5.41, 5.74) is 2.95. The number of nitrogens with one attached hydrogen (secondary N) is 1. The van der Waals surface area contributed by atoms with Gasteiger partial charge in [0.1, 0.15) is 5.75 Å². The van der Waals surface area contributed by atoms with Gasteiger partial charge in [0.2, 0.25) is 0 Å². The number of carbonyl (C=O) groups excluding carboxylic acids is 1. The zero-order valence-electron chi connectivity index (χ0n) is 14.7. The number of furan rings is 1. The SMILES string of the molecule is Cc1nn(C)c(C)c1[C@@H](C)NC(=O)c1ccc(Oc2ccccc2)o1. The Morgan fingerprint density at radius 3 is 2.56 bits per heavy atom. The minimum atomic E-state index is -0.293. The first kappa shape index (κ1) is 16.8. The highest BCUT2D eigenvalue weighted by atomic mass is 16.6. The van der Waals surface area contributed by atoms with Crippen LogP contribution >= 0.6 is 0 Å². The van der Waals surface area contributed by atoms with Crippen LogP contribution in [0.25, 0.3) is 0 Å². The summed E-state index contributed by atoms with van der Waals surface area (Å²) in [6, 6.07) is 12.3. The molecule has 3 rings (SSSR count). The molecule has 0 aliphatic rings. The van der Waals surface area contributed by atoms with E-state index >= 15 is 0 Å². The van der Waals surface area contributed by atoms with E-state index in [0.29, 0.717) is 5.75 Å². The van der Waals surface area contributed by atoms with E-state index in [1.54, 1.807) is 12.1 Å². The Morgan fingerprint density at radius 1 is 1.20 bits per heavy atom. The molecule has 1 atom stereocenters. The topological polar surface area (TPSA) is 69.3 Å². The summed E-state index contributed by atoms with van der Waals surface area (Å²) in [5.74, 6) is 0.839. The molecule has 0 unspecified atom stereocenters. The van der Waals surface area contributed by atoms with Crippen LogP contribution in [-0.2, 0) is 7.05 Å². The van der Waals surface area contributed by atoms with Gasteiger partial charge in [-0.3, -0.25) is 9.48 Å². The van der Waals surface area contributed by atoms with Crippen molar-refractivity contribution >= 4 is 5.91 Å². The van der Waals surface area contributed by atoms with Crippen LogP contribution in [0.2, 0.25) is 0 Å². The van der Waals surface area contributed by atoms with Gasteiger partial charge in [0.05, 0.1) is 11.7 Å². The van der Waals surface area contributed by atoms with E-state index in [-0.39, 0.29) is 23.7 Å². The van der Waals surface area contributed by atoms with Gasteiger partial charge in [0.25, 0.3) is 11.9 Å². The van der Waals surface area contributed by atoms with Crippen molar-refractivity contribution in [1.29, 1.82) is 0 Å². The van der Waals surface area contributed by atoms with Crippen molar-refractivity contribution in [3.05, 3.63) is 65.2 Å². The van der Waals surface area contributed by atoms with Crippen molar-refractivity contribution < 1.29 is 13.9 Å². The van der Waals surface area contributed by atoms with Gasteiger partial charge in [0, 0.05) is 24.4 Å². The molecule has 3 aromatic rings. The van der Waals surface area contributed by atoms with E-state index in [4.69, 9.17) is 9.15 Å². The maximum atomic E-state index is 12.4. The van der Waals surface area contributed by atoms with Crippen LogP contribution in [0.5, 0.6) is 11.7 Å². The monoisotopic (exact) mass is 339 g/mol. The third kappa shape index (κ3) is 3.57. The van der Waals surface area contributed by atoms with Crippen LogP contribution < -0.4 is 10.1 Å². The number of hydrogen-bond acceptors (Lipinski definition) is 4. The standard InChI is InChI=1S/C19H21N3O3/c1-12(18-13(2)21-22(4)14(18)3)20-19(23)16-10-11-17(25-16)24-15-8-6-5-7-9-15/h5-12H,1-4H3,(H,20,23)/t12-/m1/s1. The van der Waals surface area contributed by atoms with Crippen molar-refractivity contribution in [3.8, 4) is 11.7 Å². The van der Waals surface area contributed by atoms with E-state index in [1.807, 2.05) is 62.8 Å². The van der Waals surface area contributed by atoms with E-state index in [9.17, 15) is 4.79 Å². The molecule has 0 aliphatic carbocycles. The molecule has 25 heavy (non-hydrogen) atoms. The number of hydrogen-bond donors (Lipinski definition) is 1. The van der Waals surface area contributed by atoms with Crippen LogP contribution in [0.3, 0.4) is 0 Å². The summed E-state index contributed by atoms with van der Waals surface area (Å²) in [6.07, 6.45) is 0. The summed E-state index contributed by atoms with van der Waals surface area (Å²) in [6.45, 7) is 5.85. The van der Waals surface area contributed by atoms with E-state index in [0.717, 1.165) is 17.0 Å². The number of benzene rings is 1. The fourth-order valence-electron chi connectivity index (χ4n) is 2.86. The molecule has 1 amide bonds. The van der Waals surface area contributed by atoms with Gasteiger partial charge >= 0.3 is 0 Å². The molecule has 0 saturated heterocycles. The summed E-state index contributed by atoms with van der Waals surface area (Å²) < 4.78 is 12.9. The van der Waals surface area contributed by atoms with Crippen molar-refractivity contribution in [3.63, 3.8) is 0 Å². The first-order valence-corrected chi connectivity index (χ1v) is 8.09. The summed E-state index contributed by atoms with van der Waals surface area (Å²) in [4.78, 5) is 12.4. The highest BCUT2D eigenvalue weighted by molar-refractivity contribution is 5.91. The van der Waals surface area contributed by atoms with Crippen molar-refractivity contribution in [1.82, 2.24) is 15.1 Å². The molecule has 0 aliphatic heterocycles. The Kier molecular flexibility index (Phi) is 4.61. The molecule has 1 aromatic carbocycles. The van der Waals surface area contributed by atoms with Gasteiger partial charge < -0.3 is 14.5 Å². The zero-order valence-corrected chi connectivity index (χ0v) is 14.7. The summed E-state index contributed by atoms with van der Waals surface area (Å²) in [5, 5.41) is 7.33. The molecule has 0 fully saturated rings. The molecular weight excluding hydrogens is 318 g/mol. The van der Waals surface area contributed by atoms with Gasteiger partial charge in [-0.2, -0.15) is 5.10 Å². The van der Waals surface area contributed by atoms with Crippen LogP contribution in [-0.4, -0.2) is 15.7 Å². The van der Waals surface area contributed by atoms with Crippen LogP contribution in [0, 0.1) is 13.8 Å². The second kappa shape index (κ2) is 6.84. The fraction of sp³-hybridized carbons (Fsp3) is 0.263. The highest BCUT2D eigenvalue weighted by Gasteiger charge is 2.20. The zero-order chi connectivity index (χ0) is 18.0. The van der Waals surface area contributed by atoms with Crippen LogP contribution in [0.1, 0.15) is 40.5 Å². The quantitative estimate of drug-likeness (QED) is 0.765. The number of aromatic nitrogens is 2. The van der Waals surface area contributed by atoms with Gasteiger partial charge in [-0.25, -0.2) is 0 Å². The first-order chi connectivity index (χ1) is 12.0. The lowest BCUT2D eigenvalue weighted by molar-refractivity contribution is 0.0906. The van der Waals surface area contributed by atoms with E-state index in [1.165, 1.54) is 0 Å². The Labute approximate surface area is 146 Å². The molecule has 1 N–H and O–H groups in total. The highest BCUT2D eigenvalue weighted by Crippen LogP contribution is 2.25. The molecular formula is C19H21N3O3. The number of amides is 1. The largest absolute Gasteiger partial charge is 0.426 e. The van der Waals surface area contributed by atoms with Crippen molar-refractivity contribution in [2.24, 2.45) is 7.05 Å². The molecule has 130 valence electrons. The van der Waals surface area contributed by atoms with E-state index < -0.39 is 0 Å². The molecule has 0 radical (unpaired) electrons. The number of ether oxygens (including phenoxy) is 1. The minimum absolute atomic E-state index is 0.176. The van der Waals surface area contributed by atoms with Crippen molar-refractivity contribution in [2.75, 3.05) is 0 Å². The van der Waals surface area contributed by atoms with Gasteiger partial charge in [-0.15, -0.1) is 0 Å². The molecule has 2 heterocycles. The Hall–Kier alpha value is -3.02. The Morgan fingerprint density at radius 2 is 1.92 bits per heavy atom. The van der Waals surface area contributed by atoms with Gasteiger partial charge in [-0.1, -0.05) is 18.2 Å². The molecule has 6 heteroatoms. The average Bonchev–Trinajstić information content (AvgIpc) is 3.13. The second-order valence-electron chi connectivity index (χ2n) is 5.94. The lowest BCUT2D eigenvalue weighted by atomic mass is 10.1. The fourth-order valence-corrected chi connectivity index (χ4v) is 2.86. The Bertz CT molecular complexity index is 881. The molecule has 0 bridgehead atoms. The van der Waals surface area contributed by atoms with Gasteiger partial charge in [0.15, 0.2) is 5.76 Å². The predicted molar refractivity (Wildman–Crippen MR) is 93.8 cm³/mol. The first-order valence-electron chi connectivity index (χ1n) is 8.09. The average molecular weight is 339 g/mol. The third-order valence-corrected chi connectivity index (χ3v) is 4.11. The molecule has 2 aromatic heterocycles. The van der Waals surface area contributed by atoms with Gasteiger partial charge in [-0.05, 0) is 39.0 Å². The minimum Gasteiger partial charge on any atom is -0.426 e. The number of aryl methyl sites for hydroxylation is 2. The lowest BCUT2D eigenvalue weighted by Gasteiger charge is -2.13. The normalized spacial score (nSPS) is 12.0. The number of para-hydroxylation sites is 1. The number of carbonyl (C=O) groups is 1. The molecule has 6 nitrogen and oxygen atoms in total. The summed E-state index contributed by atoms with van der Waals surface area (Å²) >= 11 is 0.